The molecule has 1 aliphatic heterocycles. The maximum absolute atomic E-state index is 11.6. The Labute approximate surface area is 92.5 Å². The second-order valence-corrected chi connectivity index (χ2v) is 3.62. The fraction of sp³-hybridized carbons (Fsp3) is 0.364. The maximum Gasteiger partial charge on any atom is 0.345 e. The molecule has 5 heteroatoms. The van der Waals surface area contributed by atoms with Crippen molar-refractivity contribution in [2.24, 2.45) is 0 Å². The third-order valence-corrected chi connectivity index (χ3v) is 2.53. The predicted octanol–water partition coefficient (Wildman–Crippen LogP) is 1.04. The molecule has 0 spiro atoms. The summed E-state index contributed by atoms with van der Waals surface area (Å²) in [5.41, 5.74) is 0.599. The SMILES string of the molecule is COc1cc(OC)c2c(c1)[C@](C)(O)OC2=O. The van der Waals surface area contributed by atoms with Gasteiger partial charge in [0.05, 0.1) is 14.2 Å². The minimum atomic E-state index is -1.63. The van der Waals surface area contributed by atoms with Gasteiger partial charge in [-0.2, -0.15) is 0 Å². The third-order valence-electron chi connectivity index (χ3n) is 2.53. The van der Waals surface area contributed by atoms with E-state index in [-0.39, 0.29) is 5.56 Å². The fourth-order valence-corrected chi connectivity index (χ4v) is 1.73. The molecule has 0 fully saturated rings. The van der Waals surface area contributed by atoms with E-state index >= 15 is 0 Å². The first-order chi connectivity index (χ1) is 7.49. The number of hydrogen-bond acceptors (Lipinski definition) is 5. The van der Waals surface area contributed by atoms with E-state index in [1.54, 1.807) is 12.1 Å². The van der Waals surface area contributed by atoms with Crippen molar-refractivity contribution in [1.29, 1.82) is 0 Å². The summed E-state index contributed by atoms with van der Waals surface area (Å²) in [7, 11) is 2.93. The van der Waals surface area contributed by atoms with E-state index in [1.165, 1.54) is 21.1 Å². The summed E-state index contributed by atoms with van der Waals surface area (Å²) in [5, 5.41) is 9.90. The summed E-state index contributed by atoms with van der Waals surface area (Å²) in [5.74, 6) is -1.40. The van der Waals surface area contributed by atoms with Crippen molar-refractivity contribution in [2.45, 2.75) is 12.7 Å². The highest BCUT2D eigenvalue weighted by Gasteiger charge is 2.42. The van der Waals surface area contributed by atoms with Crippen LogP contribution in [0.25, 0.3) is 0 Å². The van der Waals surface area contributed by atoms with Crippen LogP contribution in [-0.2, 0) is 10.5 Å². The number of methoxy groups -OCH3 is 2. The van der Waals surface area contributed by atoms with Gasteiger partial charge in [0.1, 0.15) is 17.1 Å². The van der Waals surface area contributed by atoms with E-state index in [4.69, 9.17) is 14.2 Å². The summed E-state index contributed by atoms with van der Waals surface area (Å²) in [4.78, 5) is 11.6. The molecule has 0 saturated heterocycles. The number of ether oxygens (including phenoxy) is 3. The van der Waals surface area contributed by atoms with Gasteiger partial charge in [0.15, 0.2) is 0 Å². The van der Waals surface area contributed by atoms with Crippen molar-refractivity contribution in [1.82, 2.24) is 0 Å². The van der Waals surface area contributed by atoms with Gasteiger partial charge >= 0.3 is 5.97 Å². The largest absolute Gasteiger partial charge is 0.497 e. The van der Waals surface area contributed by atoms with Gasteiger partial charge in [0.2, 0.25) is 5.79 Å². The highest BCUT2D eigenvalue weighted by Crippen LogP contribution is 2.41. The highest BCUT2D eigenvalue weighted by molar-refractivity contribution is 5.97. The number of cyclic esters (lactones) is 1. The molecule has 0 aromatic heterocycles. The standard InChI is InChI=1S/C11H12O5/c1-11(13)7-4-6(14-2)5-8(15-3)9(7)10(12)16-11/h4-5,13H,1-3H3/t11-/m1/s1. The Morgan fingerprint density at radius 3 is 2.56 bits per heavy atom. The Bertz CT molecular complexity index is 450. The molecule has 0 saturated carbocycles. The molecule has 1 aliphatic rings. The van der Waals surface area contributed by atoms with Crippen molar-refractivity contribution in [3.8, 4) is 11.5 Å². The van der Waals surface area contributed by atoms with Crippen LogP contribution in [0.3, 0.4) is 0 Å². The second-order valence-electron chi connectivity index (χ2n) is 3.62. The first kappa shape index (κ1) is 10.8. The first-order valence-corrected chi connectivity index (χ1v) is 4.72. The summed E-state index contributed by atoms with van der Waals surface area (Å²) < 4.78 is 15.0. The molecule has 1 heterocycles. The Morgan fingerprint density at radius 1 is 1.31 bits per heavy atom. The smallest absolute Gasteiger partial charge is 0.345 e. The maximum atomic E-state index is 11.6. The molecule has 1 atom stereocenters. The molecular formula is C11H12O5. The number of carbonyl (C=O) groups is 1. The Kier molecular flexibility index (Phi) is 2.27. The quantitative estimate of drug-likeness (QED) is 0.760. The minimum absolute atomic E-state index is 0.244. The van der Waals surface area contributed by atoms with Crippen LogP contribution in [0.1, 0.15) is 22.8 Å². The topological polar surface area (TPSA) is 65.0 Å². The van der Waals surface area contributed by atoms with Gasteiger partial charge in [-0.15, -0.1) is 0 Å². The van der Waals surface area contributed by atoms with Crippen LogP contribution in [0.2, 0.25) is 0 Å². The number of rotatable bonds is 2. The van der Waals surface area contributed by atoms with Crippen molar-refractivity contribution < 1.29 is 24.1 Å². The summed E-state index contributed by atoms with van der Waals surface area (Å²) >= 11 is 0. The van der Waals surface area contributed by atoms with Crippen molar-refractivity contribution in [2.75, 3.05) is 14.2 Å². The van der Waals surface area contributed by atoms with Gasteiger partial charge in [-0.25, -0.2) is 4.79 Å². The van der Waals surface area contributed by atoms with E-state index in [9.17, 15) is 9.90 Å². The number of aliphatic hydroxyl groups is 1. The predicted molar refractivity (Wildman–Crippen MR) is 54.5 cm³/mol. The Balaban J connectivity index is 2.69. The fourth-order valence-electron chi connectivity index (χ4n) is 1.73. The first-order valence-electron chi connectivity index (χ1n) is 4.72. The summed E-state index contributed by atoms with van der Waals surface area (Å²) in [6.45, 7) is 1.40. The molecule has 5 nitrogen and oxygen atoms in total. The zero-order valence-corrected chi connectivity index (χ0v) is 9.23. The normalized spacial score (nSPS) is 22.6. The number of carbonyl (C=O) groups excluding carboxylic acids is 1. The van der Waals surface area contributed by atoms with Crippen molar-refractivity contribution >= 4 is 5.97 Å². The van der Waals surface area contributed by atoms with E-state index in [2.05, 4.69) is 0 Å². The van der Waals surface area contributed by atoms with E-state index in [0.717, 1.165) is 0 Å². The van der Waals surface area contributed by atoms with Crippen molar-refractivity contribution in [3.63, 3.8) is 0 Å². The Hall–Kier alpha value is -1.75. The van der Waals surface area contributed by atoms with Crippen LogP contribution < -0.4 is 9.47 Å². The number of benzene rings is 1. The lowest BCUT2D eigenvalue weighted by Crippen LogP contribution is -2.20. The van der Waals surface area contributed by atoms with Crippen LogP contribution in [0, 0.1) is 0 Å². The zero-order valence-electron chi connectivity index (χ0n) is 9.23. The molecule has 86 valence electrons. The van der Waals surface area contributed by atoms with E-state index < -0.39 is 11.8 Å². The van der Waals surface area contributed by atoms with Crippen LogP contribution in [-0.4, -0.2) is 25.3 Å². The monoisotopic (exact) mass is 224 g/mol. The lowest BCUT2D eigenvalue weighted by molar-refractivity contribution is -0.147. The van der Waals surface area contributed by atoms with Crippen LogP contribution in [0.4, 0.5) is 0 Å². The van der Waals surface area contributed by atoms with Gasteiger partial charge in [0, 0.05) is 18.6 Å². The summed E-state index contributed by atoms with van der Waals surface area (Å²) in [6.07, 6.45) is 0. The number of esters is 1. The molecule has 0 unspecified atom stereocenters. The van der Waals surface area contributed by atoms with Crippen LogP contribution in [0.15, 0.2) is 12.1 Å². The molecule has 16 heavy (non-hydrogen) atoms. The molecule has 1 N–H and O–H groups in total. The lowest BCUT2D eigenvalue weighted by atomic mass is 10.0. The summed E-state index contributed by atoms with van der Waals surface area (Å²) in [6, 6.07) is 3.13. The molecule has 0 radical (unpaired) electrons. The minimum Gasteiger partial charge on any atom is -0.497 e. The van der Waals surface area contributed by atoms with Gasteiger partial charge in [0.25, 0.3) is 0 Å². The van der Waals surface area contributed by atoms with Gasteiger partial charge in [-0.05, 0) is 6.07 Å². The van der Waals surface area contributed by atoms with E-state index in [1.807, 2.05) is 0 Å². The average Bonchev–Trinajstić information content (AvgIpc) is 2.48. The molecule has 0 amide bonds. The number of fused-ring (bicyclic) bond motifs is 1. The third kappa shape index (κ3) is 1.40. The van der Waals surface area contributed by atoms with Gasteiger partial charge in [-0.1, -0.05) is 0 Å². The molecule has 1 aromatic rings. The highest BCUT2D eigenvalue weighted by atomic mass is 16.7. The zero-order chi connectivity index (χ0) is 11.9. The lowest BCUT2D eigenvalue weighted by Gasteiger charge is -2.16. The molecule has 0 bridgehead atoms. The second kappa shape index (κ2) is 3.38. The van der Waals surface area contributed by atoms with Gasteiger partial charge < -0.3 is 19.3 Å². The molecule has 2 rings (SSSR count). The number of hydrogen-bond donors (Lipinski definition) is 1. The molecule has 0 aliphatic carbocycles. The van der Waals surface area contributed by atoms with Gasteiger partial charge in [-0.3, -0.25) is 0 Å². The molecular weight excluding hydrogens is 212 g/mol. The Morgan fingerprint density at radius 2 is 2.00 bits per heavy atom. The average molecular weight is 224 g/mol. The van der Waals surface area contributed by atoms with Crippen molar-refractivity contribution in [3.05, 3.63) is 23.3 Å². The molecule has 1 aromatic carbocycles. The van der Waals surface area contributed by atoms with Crippen LogP contribution in [0.5, 0.6) is 11.5 Å². The van der Waals surface area contributed by atoms with Crippen LogP contribution >= 0.6 is 0 Å². The van der Waals surface area contributed by atoms with E-state index in [0.29, 0.717) is 17.1 Å².